The van der Waals surface area contributed by atoms with Crippen LogP contribution in [0.3, 0.4) is 0 Å². The summed E-state index contributed by atoms with van der Waals surface area (Å²) in [6, 6.07) is 24.5. The normalized spacial score (nSPS) is 12.4. The Morgan fingerprint density at radius 2 is 1.66 bits per heavy atom. The molecule has 0 aliphatic heterocycles. The van der Waals surface area contributed by atoms with Gasteiger partial charge in [0.25, 0.3) is 0 Å². The number of nitrogens with two attached hydrogens (primary N) is 1. The van der Waals surface area contributed by atoms with E-state index < -0.39 is 6.10 Å². The van der Waals surface area contributed by atoms with Gasteiger partial charge in [0, 0.05) is 0 Å². The smallest absolute Gasteiger partial charge is 0.129 e. The summed E-state index contributed by atoms with van der Waals surface area (Å²) in [7, 11) is 0. The van der Waals surface area contributed by atoms with Gasteiger partial charge in [-0.1, -0.05) is 54.2 Å². The van der Waals surface area contributed by atoms with E-state index in [1.165, 1.54) is 0 Å². The summed E-state index contributed by atoms with van der Waals surface area (Å²) in [5.74, 6) is 0.0859. The van der Waals surface area contributed by atoms with E-state index in [0.29, 0.717) is 27.1 Å². The molecule has 142 valence electrons. The first kappa shape index (κ1) is 20.0. The number of benzene rings is 3. The quantitative estimate of drug-likeness (QED) is 0.436. The van der Waals surface area contributed by atoms with Crippen LogP contribution in [0.5, 0.6) is 5.75 Å². The second-order valence-corrected chi connectivity index (χ2v) is 7.27. The number of aliphatic hydroxyl groups is 1. The van der Waals surface area contributed by atoms with Gasteiger partial charge in [0.1, 0.15) is 17.9 Å². The lowest BCUT2D eigenvalue weighted by Crippen LogP contribution is -2.02. The average Bonchev–Trinajstić information content (AvgIpc) is 2.75. The van der Waals surface area contributed by atoms with E-state index in [0.717, 1.165) is 11.8 Å². The van der Waals surface area contributed by atoms with Crippen molar-refractivity contribution in [3.8, 4) is 17.9 Å². The number of phenols is 1. The Morgan fingerprint density at radius 1 is 0.931 bits per heavy atom. The number of para-hydroxylation sites is 1. The zero-order chi connectivity index (χ0) is 20.8. The predicted octanol–water partition coefficient (Wildman–Crippen LogP) is 4.29. The number of aromatic hydroxyl groups is 1. The molecule has 0 saturated carbocycles. The molecule has 0 radical (unpaired) electrons. The number of rotatable bonds is 5. The third kappa shape index (κ3) is 4.59. The van der Waals surface area contributed by atoms with Crippen molar-refractivity contribution in [1.82, 2.24) is 0 Å². The van der Waals surface area contributed by atoms with E-state index in [9.17, 15) is 15.5 Å². The van der Waals surface area contributed by atoms with Crippen LogP contribution >= 0.6 is 11.8 Å². The van der Waals surface area contributed by atoms with E-state index in [2.05, 4.69) is 6.07 Å². The number of allylic oxidation sites excluding steroid dienone is 1. The lowest BCUT2D eigenvalue weighted by atomic mass is 9.97. The molecule has 0 amide bonds. The summed E-state index contributed by atoms with van der Waals surface area (Å²) in [6.07, 6.45) is -0.908. The minimum Gasteiger partial charge on any atom is -0.507 e. The molecule has 0 aliphatic carbocycles. The molecule has 0 bridgehead atoms. The van der Waals surface area contributed by atoms with Gasteiger partial charge >= 0.3 is 0 Å². The maximum absolute atomic E-state index is 10.7. The summed E-state index contributed by atoms with van der Waals surface area (Å²) in [4.78, 5) is 0.548. The first-order valence-corrected chi connectivity index (χ1v) is 9.49. The molecule has 1 unspecified atom stereocenters. The first-order valence-electron chi connectivity index (χ1n) is 8.67. The number of thioether (sulfide) groups is 1. The topological polar surface area (TPSA) is 114 Å². The maximum atomic E-state index is 10.7. The summed E-state index contributed by atoms with van der Waals surface area (Å²) in [5, 5.41) is 39.4. The number of hydrogen-bond donors (Lipinski definition) is 3. The molecule has 0 saturated heterocycles. The highest BCUT2D eigenvalue weighted by Crippen LogP contribution is 2.35. The fourth-order valence-corrected chi connectivity index (χ4v) is 3.59. The van der Waals surface area contributed by atoms with Gasteiger partial charge in [-0.05, 0) is 47.0 Å². The number of phenolic OH excluding ortho intramolecular Hbond substituents is 1. The molecule has 4 N–H and O–H groups in total. The zero-order valence-corrected chi connectivity index (χ0v) is 16.1. The fourth-order valence-electron chi connectivity index (χ4n) is 2.77. The summed E-state index contributed by atoms with van der Waals surface area (Å²) in [6.45, 7) is 0. The maximum Gasteiger partial charge on any atom is 0.129 e. The van der Waals surface area contributed by atoms with Crippen LogP contribution in [0.15, 0.2) is 82.7 Å². The zero-order valence-electron chi connectivity index (χ0n) is 15.3. The molecule has 0 aliphatic rings. The van der Waals surface area contributed by atoms with Crippen molar-refractivity contribution in [2.24, 2.45) is 5.73 Å². The van der Waals surface area contributed by atoms with Gasteiger partial charge in [0.05, 0.1) is 27.1 Å². The fraction of sp³-hybridized carbons (Fsp3) is 0.0435. The van der Waals surface area contributed by atoms with E-state index in [4.69, 9.17) is 11.0 Å². The van der Waals surface area contributed by atoms with E-state index >= 15 is 0 Å². The number of hydrogen-bond acceptors (Lipinski definition) is 6. The van der Waals surface area contributed by atoms with Crippen molar-refractivity contribution in [3.05, 3.63) is 100 Å². The SMILES string of the molecule is N#C/C(=C(/N)Sc1ccccc1O)c1cccc(C(O)c2ccc(C#N)cc2)c1. The Morgan fingerprint density at radius 3 is 2.31 bits per heavy atom. The Bertz CT molecular complexity index is 1140. The Kier molecular flexibility index (Phi) is 6.21. The number of aliphatic hydroxyl groups excluding tert-OH is 1. The van der Waals surface area contributed by atoms with Crippen LogP contribution < -0.4 is 5.73 Å². The van der Waals surface area contributed by atoms with Crippen molar-refractivity contribution in [1.29, 1.82) is 10.5 Å². The Hall–Kier alpha value is -3.71. The molecular formula is C23H17N3O2S. The number of nitriles is 2. The molecule has 3 aromatic rings. The lowest BCUT2D eigenvalue weighted by Gasteiger charge is -2.13. The Balaban J connectivity index is 1.93. The third-order valence-electron chi connectivity index (χ3n) is 4.29. The monoisotopic (exact) mass is 399 g/mol. The van der Waals surface area contributed by atoms with Gasteiger partial charge in [-0.2, -0.15) is 10.5 Å². The largest absolute Gasteiger partial charge is 0.507 e. The molecule has 0 spiro atoms. The standard InChI is InChI=1S/C23H17N3O2S/c24-13-15-8-10-16(11-9-15)22(28)18-5-3-4-17(12-18)19(14-25)23(26)29-21-7-2-1-6-20(21)27/h1-12,22,27-28H,26H2/b23-19+. The minimum atomic E-state index is -0.908. The summed E-state index contributed by atoms with van der Waals surface area (Å²) in [5.41, 5.74) is 8.72. The van der Waals surface area contributed by atoms with Crippen molar-refractivity contribution in [3.63, 3.8) is 0 Å². The van der Waals surface area contributed by atoms with Crippen LogP contribution in [0.4, 0.5) is 0 Å². The lowest BCUT2D eigenvalue weighted by molar-refractivity contribution is 0.220. The first-order chi connectivity index (χ1) is 14.0. The van der Waals surface area contributed by atoms with Crippen molar-refractivity contribution >= 4 is 17.3 Å². The summed E-state index contributed by atoms with van der Waals surface area (Å²) < 4.78 is 0. The van der Waals surface area contributed by atoms with Crippen LogP contribution in [-0.2, 0) is 0 Å². The van der Waals surface area contributed by atoms with E-state index in [1.807, 2.05) is 6.07 Å². The number of nitrogens with zero attached hydrogens (tertiary/aromatic N) is 2. The van der Waals surface area contributed by atoms with E-state index in [-0.39, 0.29) is 16.4 Å². The molecule has 29 heavy (non-hydrogen) atoms. The van der Waals surface area contributed by atoms with Crippen LogP contribution in [0, 0.1) is 22.7 Å². The van der Waals surface area contributed by atoms with Gasteiger partial charge in [0.15, 0.2) is 0 Å². The molecule has 1 atom stereocenters. The Labute approximate surface area is 173 Å². The second-order valence-electron chi connectivity index (χ2n) is 6.18. The molecular weight excluding hydrogens is 382 g/mol. The van der Waals surface area contributed by atoms with Crippen molar-refractivity contribution < 1.29 is 10.2 Å². The average molecular weight is 399 g/mol. The van der Waals surface area contributed by atoms with Crippen molar-refractivity contribution in [2.75, 3.05) is 0 Å². The van der Waals surface area contributed by atoms with Gasteiger partial charge < -0.3 is 15.9 Å². The van der Waals surface area contributed by atoms with Crippen LogP contribution in [0.25, 0.3) is 5.57 Å². The molecule has 3 aromatic carbocycles. The molecule has 0 aromatic heterocycles. The highest BCUT2D eigenvalue weighted by atomic mass is 32.2. The summed E-state index contributed by atoms with van der Waals surface area (Å²) >= 11 is 1.10. The highest BCUT2D eigenvalue weighted by molar-refractivity contribution is 8.03. The molecule has 0 heterocycles. The predicted molar refractivity (Wildman–Crippen MR) is 112 cm³/mol. The minimum absolute atomic E-state index is 0.0859. The van der Waals surface area contributed by atoms with Gasteiger partial charge in [-0.15, -0.1) is 0 Å². The third-order valence-corrected chi connectivity index (χ3v) is 5.28. The highest BCUT2D eigenvalue weighted by Gasteiger charge is 2.15. The van der Waals surface area contributed by atoms with Gasteiger partial charge in [-0.25, -0.2) is 0 Å². The van der Waals surface area contributed by atoms with Gasteiger partial charge in [-0.3, -0.25) is 0 Å². The van der Waals surface area contributed by atoms with E-state index in [1.54, 1.807) is 72.8 Å². The second kappa shape index (κ2) is 8.99. The van der Waals surface area contributed by atoms with Gasteiger partial charge in [0.2, 0.25) is 0 Å². The molecule has 6 heteroatoms. The van der Waals surface area contributed by atoms with Crippen molar-refractivity contribution in [2.45, 2.75) is 11.0 Å². The molecule has 5 nitrogen and oxygen atoms in total. The molecule has 0 fully saturated rings. The van der Waals surface area contributed by atoms with Crippen LogP contribution in [-0.4, -0.2) is 10.2 Å². The molecule has 3 rings (SSSR count). The van der Waals surface area contributed by atoms with Crippen LogP contribution in [0.1, 0.15) is 28.4 Å². The van der Waals surface area contributed by atoms with Crippen LogP contribution in [0.2, 0.25) is 0 Å².